The van der Waals surface area contributed by atoms with Gasteiger partial charge in [-0.25, -0.2) is 8.42 Å². The first-order valence-corrected chi connectivity index (χ1v) is 7.88. The Bertz CT molecular complexity index is 575. The van der Waals surface area contributed by atoms with Gasteiger partial charge in [-0.05, 0) is 31.9 Å². The molecular weight excluding hydrogens is 278 g/mol. The summed E-state index contributed by atoms with van der Waals surface area (Å²) in [6, 6.07) is 6.50. The lowest BCUT2D eigenvalue weighted by atomic mass is 9.93. The van der Waals surface area contributed by atoms with Gasteiger partial charge in [0.25, 0.3) is 0 Å². The van der Waals surface area contributed by atoms with E-state index in [9.17, 15) is 8.42 Å². The van der Waals surface area contributed by atoms with Crippen LogP contribution in [0.1, 0.15) is 32.3 Å². The molecular formula is C13H21N3O3S. The van der Waals surface area contributed by atoms with Crippen LogP contribution in [0.3, 0.4) is 0 Å². The Morgan fingerprint density at radius 1 is 1.30 bits per heavy atom. The molecule has 4 N–H and O–H groups in total. The lowest BCUT2D eigenvalue weighted by Crippen LogP contribution is -2.56. The van der Waals surface area contributed by atoms with E-state index in [-0.39, 0.29) is 10.7 Å². The quantitative estimate of drug-likeness (QED) is 0.321. The van der Waals surface area contributed by atoms with Crippen LogP contribution >= 0.6 is 0 Å². The van der Waals surface area contributed by atoms with Crippen LogP contribution in [-0.4, -0.2) is 25.0 Å². The smallest absolute Gasteiger partial charge is 0.241 e. The molecule has 6 nitrogen and oxygen atoms in total. The molecule has 7 heteroatoms. The third-order valence-corrected chi connectivity index (χ3v) is 5.02. The minimum atomic E-state index is -3.74. The maximum atomic E-state index is 12.4. The molecule has 1 aromatic rings. The Labute approximate surface area is 119 Å². The number of hydrogen-bond donors (Lipinski definition) is 3. The van der Waals surface area contributed by atoms with E-state index >= 15 is 0 Å². The highest BCUT2D eigenvalue weighted by Gasteiger charge is 2.36. The maximum Gasteiger partial charge on any atom is 0.241 e. The molecule has 0 aliphatic heterocycles. The van der Waals surface area contributed by atoms with Gasteiger partial charge in [-0.15, -0.1) is 0 Å². The summed E-state index contributed by atoms with van der Waals surface area (Å²) in [5.41, 5.74) is 5.54. The molecule has 0 aromatic heterocycles. The second-order valence-electron chi connectivity index (χ2n) is 4.69. The normalized spacial score (nSPS) is 13.4. The zero-order valence-electron chi connectivity index (χ0n) is 11.9. The van der Waals surface area contributed by atoms with E-state index in [1.54, 1.807) is 26.0 Å². The average molecular weight is 299 g/mol. The van der Waals surface area contributed by atoms with Gasteiger partial charge in [0.15, 0.2) is 5.84 Å². The molecule has 1 rings (SSSR count). The second kappa shape index (κ2) is 6.23. The standard InChI is InChI=1S/C13H21N3O3S/c1-4-13(5-2,12(14)15-17)16-20(18,19)11-8-6-10(3)7-9-11/h6-9,16-17H,4-5H2,1-3H3,(H2,14,15). The van der Waals surface area contributed by atoms with Gasteiger partial charge in [0, 0.05) is 0 Å². The molecule has 0 aliphatic carbocycles. The summed E-state index contributed by atoms with van der Waals surface area (Å²) in [6.45, 7) is 5.43. The number of nitrogens with zero attached hydrogens (tertiary/aromatic N) is 1. The van der Waals surface area contributed by atoms with Gasteiger partial charge in [0.1, 0.15) is 0 Å². The lowest BCUT2D eigenvalue weighted by molar-refractivity contribution is 0.307. The van der Waals surface area contributed by atoms with Crippen molar-refractivity contribution in [1.29, 1.82) is 0 Å². The molecule has 20 heavy (non-hydrogen) atoms. The van der Waals surface area contributed by atoms with Crippen LogP contribution in [0.2, 0.25) is 0 Å². The predicted octanol–water partition coefficient (Wildman–Crippen LogP) is 1.58. The predicted molar refractivity (Wildman–Crippen MR) is 78.2 cm³/mol. The van der Waals surface area contributed by atoms with Gasteiger partial charge < -0.3 is 10.9 Å². The SMILES string of the molecule is CCC(CC)(NS(=O)(=O)c1ccc(C)cc1)/C(N)=N/O. The fraction of sp³-hybridized carbons (Fsp3) is 0.462. The third kappa shape index (κ3) is 3.29. The number of amidine groups is 1. The topological polar surface area (TPSA) is 105 Å². The van der Waals surface area contributed by atoms with Crippen molar-refractivity contribution in [2.45, 2.75) is 44.0 Å². The number of nitrogens with one attached hydrogen (secondary N) is 1. The van der Waals surface area contributed by atoms with E-state index in [0.717, 1.165) is 5.56 Å². The molecule has 0 spiro atoms. The number of nitrogens with two attached hydrogens (primary N) is 1. The summed E-state index contributed by atoms with van der Waals surface area (Å²) in [5, 5.41) is 11.8. The number of hydrogen-bond acceptors (Lipinski definition) is 4. The number of benzene rings is 1. The molecule has 0 unspecified atom stereocenters. The van der Waals surface area contributed by atoms with E-state index < -0.39 is 15.6 Å². The van der Waals surface area contributed by atoms with Crippen LogP contribution in [0.25, 0.3) is 0 Å². The van der Waals surface area contributed by atoms with Crippen LogP contribution in [0.5, 0.6) is 0 Å². The Morgan fingerprint density at radius 3 is 2.20 bits per heavy atom. The largest absolute Gasteiger partial charge is 0.409 e. The van der Waals surface area contributed by atoms with E-state index in [1.165, 1.54) is 12.1 Å². The molecule has 0 aliphatic rings. The third-order valence-electron chi connectivity index (χ3n) is 3.47. The van der Waals surface area contributed by atoms with Gasteiger partial charge in [0.2, 0.25) is 10.0 Å². The van der Waals surface area contributed by atoms with Crippen molar-refractivity contribution in [2.24, 2.45) is 10.9 Å². The van der Waals surface area contributed by atoms with E-state index in [0.29, 0.717) is 12.8 Å². The van der Waals surface area contributed by atoms with Crippen LogP contribution in [0, 0.1) is 6.92 Å². The number of sulfonamides is 1. The van der Waals surface area contributed by atoms with Crippen molar-refractivity contribution in [1.82, 2.24) is 4.72 Å². The second-order valence-corrected chi connectivity index (χ2v) is 6.38. The average Bonchev–Trinajstić information content (AvgIpc) is 2.44. The molecule has 0 fully saturated rings. The van der Waals surface area contributed by atoms with Crippen LogP contribution in [0.15, 0.2) is 34.3 Å². The van der Waals surface area contributed by atoms with Crippen LogP contribution < -0.4 is 10.5 Å². The summed E-state index contributed by atoms with van der Waals surface area (Å²) in [4.78, 5) is 0.153. The summed E-state index contributed by atoms with van der Waals surface area (Å²) in [5.74, 6) is -0.141. The van der Waals surface area contributed by atoms with Gasteiger partial charge >= 0.3 is 0 Å². The zero-order chi connectivity index (χ0) is 15.4. The summed E-state index contributed by atoms with van der Waals surface area (Å²) >= 11 is 0. The Hall–Kier alpha value is -1.60. The van der Waals surface area contributed by atoms with Crippen molar-refractivity contribution in [2.75, 3.05) is 0 Å². The first-order chi connectivity index (χ1) is 9.31. The van der Waals surface area contributed by atoms with Crippen molar-refractivity contribution in [3.05, 3.63) is 29.8 Å². The fourth-order valence-corrected chi connectivity index (χ4v) is 3.46. The molecule has 1 aromatic carbocycles. The molecule has 0 saturated heterocycles. The number of aryl methyl sites for hydroxylation is 1. The molecule has 0 heterocycles. The Morgan fingerprint density at radius 2 is 1.80 bits per heavy atom. The molecule has 0 amide bonds. The van der Waals surface area contributed by atoms with E-state index in [2.05, 4.69) is 9.88 Å². The first-order valence-electron chi connectivity index (χ1n) is 6.40. The van der Waals surface area contributed by atoms with Gasteiger partial charge in [-0.2, -0.15) is 4.72 Å². The Kier molecular flexibility index (Phi) is 5.13. The van der Waals surface area contributed by atoms with Crippen LogP contribution in [0.4, 0.5) is 0 Å². The van der Waals surface area contributed by atoms with Gasteiger partial charge in [-0.1, -0.05) is 36.7 Å². The molecule has 112 valence electrons. The summed E-state index contributed by atoms with van der Waals surface area (Å²) < 4.78 is 27.3. The molecule has 0 radical (unpaired) electrons. The van der Waals surface area contributed by atoms with E-state index in [1.807, 2.05) is 6.92 Å². The molecule has 0 saturated carbocycles. The highest BCUT2D eigenvalue weighted by molar-refractivity contribution is 7.89. The van der Waals surface area contributed by atoms with Crippen molar-refractivity contribution < 1.29 is 13.6 Å². The summed E-state index contributed by atoms with van der Waals surface area (Å²) in [6.07, 6.45) is 0.759. The number of rotatable bonds is 6. The zero-order valence-corrected chi connectivity index (χ0v) is 12.7. The fourth-order valence-electron chi connectivity index (χ4n) is 1.94. The van der Waals surface area contributed by atoms with Crippen molar-refractivity contribution in [3.63, 3.8) is 0 Å². The summed E-state index contributed by atoms with van der Waals surface area (Å²) in [7, 11) is -3.74. The lowest BCUT2D eigenvalue weighted by Gasteiger charge is -2.30. The molecule has 0 bridgehead atoms. The van der Waals surface area contributed by atoms with Crippen LogP contribution in [-0.2, 0) is 10.0 Å². The number of oxime groups is 1. The molecule has 0 atom stereocenters. The minimum absolute atomic E-state index is 0.141. The minimum Gasteiger partial charge on any atom is -0.409 e. The van der Waals surface area contributed by atoms with Crippen molar-refractivity contribution in [3.8, 4) is 0 Å². The first kappa shape index (κ1) is 16.5. The Balaban J connectivity index is 3.19. The highest BCUT2D eigenvalue weighted by atomic mass is 32.2. The monoisotopic (exact) mass is 299 g/mol. The van der Waals surface area contributed by atoms with Gasteiger partial charge in [-0.3, -0.25) is 0 Å². The van der Waals surface area contributed by atoms with Crippen molar-refractivity contribution >= 4 is 15.9 Å². The van der Waals surface area contributed by atoms with E-state index in [4.69, 9.17) is 10.9 Å². The maximum absolute atomic E-state index is 12.4. The van der Waals surface area contributed by atoms with Gasteiger partial charge in [0.05, 0.1) is 10.4 Å². The highest BCUT2D eigenvalue weighted by Crippen LogP contribution is 2.20.